The van der Waals surface area contributed by atoms with Crippen molar-refractivity contribution < 1.29 is 0 Å². The fraction of sp³-hybridized carbons (Fsp3) is 0.149. The van der Waals surface area contributed by atoms with Crippen molar-refractivity contribution in [2.45, 2.75) is 19.6 Å². The van der Waals surface area contributed by atoms with E-state index >= 15 is 0 Å². The molecule has 6 heteroatoms. The van der Waals surface area contributed by atoms with Crippen LogP contribution in [0.5, 0.6) is 0 Å². The van der Waals surface area contributed by atoms with Gasteiger partial charge in [0.25, 0.3) is 0 Å². The van der Waals surface area contributed by atoms with Crippen molar-refractivity contribution >= 4 is 67.2 Å². The number of anilines is 2. The summed E-state index contributed by atoms with van der Waals surface area (Å²) >= 11 is 10.3. The first-order valence-electron chi connectivity index (χ1n) is 17.1. The molecule has 53 heavy (non-hydrogen) atoms. The second-order valence-electron chi connectivity index (χ2n) is 13.5. The fourth-order valence-electron chi connectivity index (χ4n) is 4.59. The molecule has 0 radical (unpaired) electrons. The van der Waals surface area contributed by atoms with Crippen molar-refractivity contribution in [3.05, 3.63) is 165 Å². The zero-order valence-corrected chi connectivity index (χ0v) is 37.3. The van der Waals surface area contributed by atoms with Crippen LogP contribution in [0.3, 0.4) is 0 Å². The van der Waals surface area contributed by atoms with E-state index in [0.717, 1.165) is 19.0 Å². The molecular weight excluding hydrogens is 860 g/mol. The summed E-state index contributed by atoms with van der Waals surface area (Å²) in [4.78, 5) is 4.19. The quantitative estimate of drug-likeness (QED) is 0.126. The third kappa shape index (κ3) is 15.3. The molecule has 0 saturated carbocycles. The number of rotatable bonds is 5. The second kappa shape index (κ2) is 21.4. The van der Waals surface area contributed by atoms with Gasteiger partial charge in [0.1, 0.15) is 8.07 Å². The van der Waals surface area contributed by atoms with Gasteiger partial charge in [-0.2, -0.15) is 0 Å². The molecule has 0 spiro atoms. The number of nitrogens with zero attached hydrogens (tertiary/aromatic N) is 2. The molecule has 0 aromatic heterocycles. The topological polar surface area (TPSA) is 6.48 Å². The molecule has 6 aromatic carbocycles. The molecule has 0 N–H and O–H groups in total. The fourth-order valence-corrected chi connectivity index (χ4v) is 5.38. The molecule has 6 aromatic rings. The van der Waals surface area contributed by atoms with E-state index < -0.39 is 8.07 Å². The summed E-state index contributed by atoms with van der Waals surface area (Å²) in [5.41, 5.74) is 13.4. The van der Waals surface area contributed by atoms with Crippen LogP contribution in [0, 0.1) is 24.3 Å². The van der Waals surface area contributed by atoms with E-state index in [1.54, 1.807) is 0 Å². The van der Waals surface area contributed by atoms with Crippen molar-refractivity contribution in [2.24, 2.45) is 0 Å². The van der Waals surface area contributed by atoms with E-state index in [2.05, 4.69) is 236 Å². The first-order valence-corrected chi connectivity index (χ1v) is 22.9. The zero-order chi connectivity index (χ0) is 39.0. The molecule has 0 aliphatic carbocycles. The molecule has 0 atom stereocenters. The summed E-state index contributed by atoms with van der Waals surface area (Å²) in [5.74, 6) is 2.62. The average molecular weight is 908 g/mol. The third-order valence-electron chi connectivity index (χ3n) is 7.78. The maximum absolute atomic E-state index is 5.34. The zero-order valence-electron chi connectivity index (χ0n) is 31.5. The van der Waals surface area contributed by atoms with Gasteiger partial charge in [-0.15, -0.1) is 18.4 Å². The lowest BCUT2D eigenvalue weighted by atomic mass is 10.0. The van der Waals surface area contributed by atoms with Gasteiger partial charge >= 0.3 is 0 Å². The van der Waals surface area contributed by atoms with E-state index in [0.29, 0.717) is 0 Å². The Bertz CT molecular complexity index is 2010. The number of halogens is 3. The van der Waals surface area contributed by atoms with E-state index in [9.17, 15) is 0 Å². The van der Waals surface area contributed by atoms with Gasteiger partial charge in [0.05, 0.1) is 0 Å². The van der Waals surface area contributed by atoms with Crippen molar-refractivity contribution in [2.75, 3.05) is 38.0 Å². The minimum absolute atomic E-state index is 0.915. The van der Waals surface area contributed by atoms with Crippen LogP contribution in [-0.4, -0.2) is 36.3 Å². The molecule has 6 rings (SSSR count). The van der Waals surface area contributed by atoms with Gasteiger partial charge in [-0.25, -0.2) is 0 Å². The summed E-state index contributed by atoms with van der Waals surface area (Å²) in [6.07, 6.45) is 10.5. The van der Waals surface area contributed by atoms with E-state index in [1.165, 1.54) is 44.8 Å². The van der Waals surface area contributed by atoms with Gasteiger partial charge in [-0.1, -0.05) is 146 Å². The number of hydrogen-bond donors (Lipinski definition) is 0. The maximum atomic E-state index is 5.34. The second-order valence-corrected chi connectivity index (χ2v) is 21.1. The van der Waals surface area contributed by atoms with Crippen LogP contribution in [-0.2, 0) is 0 Å². The highest BCUT2D eigenvalue weighted by Gasteiger charge is 2.05. The van der Waals surface area contributed by atoms with Crippen molar-refractivity contribution in [1.82, 2.24) is 0 Å². The monoisotopic (exact) mass is 904 g/mol. The Morgan fingerprint density at radius 3 is 0.792 bits per heavy atom. The Kier molecular flexibility index (Phi) is 17.4. The average Bonchev–Trinajstić information content (AvgIpc) is 3.16. The molecule has 0 bridgehead atoms. The molecule has 0 aliphatic heterocycles. The highest BCUT2D eigenvalue weighted by Crippen LogP contribution is 2.25. The van der Waals surface area contributed by atoms with Gasteiger partial charge in [-0.3, -0.25) is 0 Å². The van der Waals surface area contributed by atoms with Crippen LogP contribution < -0.4 is 9.80 Å². The normalized spacial score (nSPS) is 10.0. The Hall–Kier alpha value is -4.30. The van der Waals surface area contributed by atoms with Gasteiger partial charge in [0.2, 0.25) is 0 Å². The molecule has 0 unspecified atom stereocenters. The highest BCUT2D eigenvalue weighted by molar-refractivity contribution is 9.11. The highest BCUT2D eigenvalue weighted by atomic mass is 79.9. The van der Waals surface area contributed by atoms with Gasteiger partial charge < -0.3 is 9.80 Å². The summed E-state index contributed by atoms with van der Waals surface area (Å²) in [6, 6.07) is 50.1. The van der Waals surface area contributed by atoms with Gasteiger partial charge in [0.15, 0.2) is 0 Å². The predicted molar refractivity (Wildman–Crippen MR) is 248 cm³/mol. The number of hydrogen-bond acceptors (Lipinski definition) is 2. The minimum atomic E-state index is -1.10. The Balaban J connectivity index is 0.000000199. The lowest BCUT2D eigenvalue weighted by Gasteiger charge is -2.12. The maximum Gasteiger partial charge on any atom is 0.128 e. The Labute approximate surface area is 344 Å². The van der Waals surface area contributed by atoms with Crippen LogP contribution in [0.2, 0.25) is 19.6 Å². The standard InChI is InChI=1S/C16H15N.C14H14BrN.C12H8Br2.C5H10Si/c1-4-13-5-7-14(8-6-13)15-9-11-16(12-10-15)17(2)3;1-16(2)14-9-5-12(6-10-14)11-3-7-13(15)8-4-11;13-11-5-1-9(2-6-11)10-3-7-12(14)8-4-10;1-5-6(2,3)4/h1,5-12H,2-3H3;3-10H,1-2H3;1-8H;1H,2-4H3. The summed E-state index contributed by atoms with van der Waals surface area (Å²) in [7, 11) is 7.07. The number of benzene rings is 6. The number of terminal acetylenes is 2. The van der Waals surface area contributed by atoms with Crippen LogP contribution in [0.15, 0.2) is 159 Å². The Morgan fingerprint density at radius 2 is 0.604 bits per heavy atom. The van der Waals surface area contributed by atoms with E-state index in [4.69, 9.17) is 12.8 Å². The molecule has 0 saturated heterocycles. The van der Waals surface area contributed by atoms with Crippen molar-refractivity contribution in [3.63, 3.8) is 0 Å². The summed E-state index contributed by atoms with van der Waals surface area (Å²) in [6.45, 7) is 6.44. The molecule has 0 aliphatic rings. The first-order chi connectivity index (χ1) is 25.2. The predicted octanol–water partition coefficient (Wildman–Crippen LogP) is 14.0. The molecule has 2 nitrogen and oxygen atoms in total. The smallest absolute Gasteiger partial charge is 0.128 e. The van der Waals surface area contributed by atoms with E-state index in [1.807, 2.05) is 26.2 Å². The van der Waals surface area contributed by atoms with Crippen LogP contribution in [0.4, 0.5) is 11.4 Å². The largest absolute Gasteiger partial charge is 0.378 e. The first kappa shape index (κ1) is 43.1. The Morgan fingerprint density at radius 1 is 0.396 bits per heavy atom. The molecule has 270 valence electrons. The van der Waals surface area contributed by atoms with Crippen LogP contribution in [0.25, 0.3) is 33.4 Å². The van der Waals surface area contributed by atoms with Gasteiger partial charge in [0, 0.05) is 58.5 Å². The molecule has 0 fully saturated rings. The van der Waals surface area contributed by atoms with Crippen LogP contribution in [0.1, 0.15) is 5.56 Å². The molecule has 0 heterocycles. The van der Waals surface area contributed by atoms with E-state index in [-0.39, 0.29) is 0 Å². The third-order valence-corrected chi connectivity index (χ3v) is 10.2. The molecule has 0 amide bonds. The molecular formula is C47H47Br3N2Si. The summed E-state index contributed by atoms with van der Waals surface area (Å²) < 4.78 is 3.33. The minimum Gasteiger partial charge on any atom is -0.378 e. The van der Waals surface area contributed by atoms with Crippen molar-refractivity contribution in [1.29, 1.82) is 0 Å². The lowest BCUT2D eigenvalue weighted by molar-refractivity contribution is 1.13. The van der Waals surface area contributed by atoms with Crippen molar-refractivity contribution in [3.8, 4) is 57.7 Å². The lowest BCUT2D eigenvalue weighted by Crippen LogP contribution is -2.15. The summed E-state index contributed by atoms with van der Waals surface area (Å²) in [5, 5.41) is 0. The van der Waals surface area contributed by atoms with Crippen LogP contribution >= 0.6 is 47.8 Å². The van der Waals surface area contributed by atoms with Gasteiger partial charge in [-0.05, 0) is 106 Å². The SMILES string of the molecule is Brc1ccc(-c2ccc(Br)cc2)cc1.C#C[Si](C)(C)C.C#Cc1ccc(-c2ccc(N(C)C)cc2)cc1.CN(C)c1ccc(-c2ccc(Br)cc2)cc1.